The zero-order chi connectivity index (χ0) is 15.5. The highest BCUT2D eigenvalue weighted by atomic mass is 35.5. The molecule has 5 nitrogen and oxygen atoms in total. The van der Waals surface area contributed by atoms with Gasteiger partial charge >= 0.3 is 0 Å². The van der Waals surface area contributed by atoms with Crippen LogP contribution in [0, 0.1) is 0 Å². The summed E-state index contributed by atoms with van der Waals surface area (Å²) in [6.45, 7) is 1.94. The van der Waals surface area contributed by atoms with Crippen LogP contribution in [0.4, 0.5) is 0 Å². The molecule has 0 bridgehead atoms. The molecule has 0 spiro atoms. The van der Waals surface area contributed by atoms with E-state index in [2.05, 4.69) is 15.3 Å². The predicted octanol–water partition coefficient (Wildman–Crippen LogP) is 3.34. The highest BCUT2D eigenvalue weighted by Gasteiger charge is 2.13. The van der Waals surface area contributed by atoms with Crippen LogP contribution in [0.15, 0.2) is 55.2 Å². The maximum atomic E-state index is 12.1. The molecule has 3 rings (SSSR count). The topological polar surface area (TPSA) is 62.7 Å². The highest BCUT2D eigenvalue weighted by molar-refractivity contribution is 6.30. The first-order valence-electron chi connectivity index (χ1n) is 6.86. The summed E-state index contributed by atoms with van der Waals surface area (Å²) in [6, 6.07) is 9.46. The smallest absolute Gasteiger partial charge is 0.268 e. The van der Waals surface area contributed by atoms with Crippen LogP contribution in [-0.2, 0) is 0 Å². The first-order valence-corrected chi connectivity index (χ1v) is 7.24. The average Bonchev–Trinajstić information content (AvgIpc) is 3.18. The maximum absolute atomic E-state index is 12.1. The number of aromatic amines is 1. The summed E-state index contributed by atoms with van der Waals surface area (Å²) < 4.78 is 1.92. The Morgan fingerprint density at radius 2 is 2.14 bits per heavy atom. The van der Waals surface area contributed by atoms with E-state index in [4.69, 9.17) is 11.6 Å². The molecule has 0 aliphatic rings. The Kier molecular flexibility index (Phi) is 3.98. The normalized spacial score (nSPS) is 12.1. The summed E-state index contributed by atoms with van der Waals surface area (Å²) in [4.78, 5) is 18.9. The molecule has 2 N–H and O–H groups in total. The van der Waals surface area contributed by atoms with E-state index in [1.54, 1.807) is 24.8 Å². The van der Waals surface area contributed by atoms with Crippen molar-refractivity contribution in [1.29, 1.82) is 0 Å². The van der Waals surface area contributed by atoms with Crippen LogP contribution < -0.4 is 5.32 Å². The lowest BCUT2D eigenvalue weighted by Gasteiger charge is -2.14. The van der Waals surface area contributed by atoms with Crippen molar-refractivity contribution in [2.75, 3.05) is 0 Å². The number of benzene rings is 1. The largest absolute Gasteiger partial charge is 0.356 e. The summed E-state index contributed by atoms with van der Waals surface area (Å²) in [7, 11) is 0. The van der Waals surface area contributed by atoms with Crippen LogP contribution in [0.1, 0.15) is 29.0 Å². The Morgan fingerprint density at radius 3 is 2.73 bits per heavy atom. The molecule has 6 heteroatoms. The molecule has 2 heterocycles. The molecule has 1 aromatic carbocycles. The van der Waals surface area contributed by atoms with Gasteiger partial charge in [-0.05, 0) is 30.7 Å². The van der Waals surface area contributed by atoms with Crippen LogP contribution >= 0.6 is 11.6 Å². The standard InChI is InChI=1S/C16H15ClN4O/c1-11(20-16(22)15-8-13(17)9-19-15)12-2-4-14(5-3-12)21-7-6-18-10-21/h2-11,19H,1H3,(H,20,22). The van der Waals surface area contributed by atoms with E-state index >= 15 is 0 Å². The van der Waals surface area contributed by atoms with Gasteiger partial charge in [-0.3, -0.25) is 4.79 Å². The molecule has 1 atom stereocenters. The number of amides is 1. The third kappa shape index (κ3) is 3.04. The Hall–Kier alpha value is -2.53. The number of nitrogens with zero attached hydrogens (tertiary/aromatic N) is 2. The van der Waals surface area contributed by atoms with Crippen molar-refractivity contribution in [3.05, 3.63) is 71.5 Å². The van der Waals surface area contributed by atoms with Gasteiger partial charge in [0.05, 0.1) is 17.4 Å². The summed E-state index contributed by atoms with van der Waals surface area (Å²) >= 11 is 5.81. The van der Waals surface area contributed by atoms with E-state index in [0.29, 0.717) is 10.7 Å². The minimum atomic E-state index is -0.182. The van der Waals surface area contributed by atoms with Gasteiger partial charge in [-0.25, -0.2) is 4.98 Å². The number of H-pyrrole nitrogens is 1. The second kappa shape index (κ2) is 6.07. The van der Waals surface area contributed by atoms with E-state index in [1.165, 1.54) is 0 Å². The lowest BCUT2D eigenvalue weighted by atomic mass is 10.1. The van der Waals surface area contributed by atoms with E-state index in [9.17, 15) is 4.79 Å². The minimum absolute atomic E-state index is 0.105. The molecular formula is C16H15ClN4O. The van der Waals surface area contributed by atoms with Gasteiger partial charge in [-0.15, -0.1) is 0 Å². The predicted molar refractivity (Wildman–Crippen MR) is 85.2 cm³/mol. The zero-order valence-electron chi connectivity index (χ0n) is 12.0. The molecule has 0 fully saturated rings. The van der Waals surface area contributed by atoms with Crippen molar-refractivity contribution in [3.63, 3.8) is 0 Å². The Morgan fingerprint density at radius 1 is 1.36 bits per heavy atom. The summed E-state index contributed by atoms with van der Waals surface area (Å²) in [6.07, 6.45) is 6.95. The molecule has 0 radical (unpaired) electrons. The van der Waals surface area contributed by atoms with Gasteiger partial charge in [-0.2, -0.15) is 0 Å². The van der Waals surface area contributed by atoms with E-state index in [0.717, 1.165) is 11.3 Å². The van der Waals surface area contributed by atoms with Crippen molar-refractivity contribution >= 4 is 17.5 Å². The van der Waals surface area contributed by atoms with E-state index in [-0.39, 0.29) is 11.9 Å². The summed E-state index contributed by atoms with van der Waals surface area (Å²) in [5.41, 5.74) is 2.50. The molecule has 3 aromatic rings. The number of hydrogen-bond donors (Lipinski definition) is 2. The third-order valence-electron chi connectivity index (χ3n) is 3.44. The van der Waals surface area contributed by atoms with Crippen molar-refractivity contribution in [3.8, 4) is 5.69 Å². The van der Waals surface area contributed by atoms with Crippen LogP contribution in [0.25, 0.3) is 5.69 Å². The number of nitrogens with one attached hydrogen (secondary N) is 2. The van der Waals surface area contributed by atoms with Gasteiger partial charge < -0.3 is 14.9 Å². The number of rotatable bonds is 4. The first-order chi connectivity index (χ1) is 10.6. The van der Waals surface area contributed by atoms with Gasteiger partial charge in [0, 0.05) is 24.3 Å². The van der Waals surface area contributed by atoms with Gasteiger partial charge in [0.2, 0.25) is 0 Å². The fourth-order valence-corrected chi connectivity index (χ4v) is 2.37. The quantitative estimate of drug-likeness (QED) is 0.775. The second-order valence-electron chi connectivity index (χ2n) is 4.99. The Labute approximate surface area is 133 Å². The Bertz CT molecular complexity index is 762. The van der Waals surface area contributed by atoms with Gasteiger partial charge in [-0.1, -0.05) is 23.7 Å². The molecule has 112 valence electrons. The number of carbonyl (C=O) groups excluding carboxylic acids is 1. The molecule has 1 amide bonds. The Balaban J connectivity index is 1.69. The number of hydrogen-bond acceptors (Lipinski definition) is 2. The third-order valence-corrected chi connectivity index (χ3v) is 3.65. The molecule has 1 unspecified atom stereocenters. The molecular weight excluding hydrogens is 300 g/mol. The van der Waals surface area contributed by atoms with Crippen LogP contribution in [0.5, 0.6) is 0 Å². The monoisotopic (exact) mass is 314 g/mol. The van der Waals surface area contributed by atoms with E-state index < -0.39 is 0 Å². The summed E-state index contributed by atoms with van der Waals surface area (Å²) in [5, 5.41) is 3.45. The van der Waals surface area contributed by atoms with Gasteiger partial charge in [0.1, 0.15) is 5.69 Å². The molecule has 0 saturated carbocycles. The lowest BCUT2D eigenvalue weighted by molar-refractivity contribution is 0.0935. The minimum Gasteiger partial charge on any atom is -0.356 e. The van der Waals surface area contributed by atoms with Crippen molar-refractivity contribution in [1.82, 2.24) is 19.9 Å². The molecule has 0 aliphatic heterocycles. The SMILES string of the molecule is CC(NC(=O)c1cc(Cl)c[nH]1)c1ccc(-n2ccnc2)cc1. The van der Waals surface area contributed by atoms with Crippen molar-refractivity contribution in [2.24, 2.45) is 0 Å². The number of aromatic nitrogens is 3. The molecule has 0 aliphatic carbocycles. The molecule has 22 heavy (non-hydrogen) atoms. The van der Waals surface area contributed by atoms with Crippen molar-refractivity contribution in [2.45, 2.75) is 13.0 Å². The number of imidazole rings is 1. The van der Waals surface area contributed by atoms with Crippen LogP contribution in [0.2, 0.25) is 5.02 Å². The lowest BCUT2D eigenvalue weighted by Crippen LogP contribution is -2.26. The number of halogens is 1. The average molecular weight is 315 g/mol. The maximum Gasteiger partial charge on any atom is 0.268 e. The summed E-state index contributed by atoms with van der Waals surface area (Å²) in [5.74, 6) is -0.182. The second-order valence-corrected chi connectivity index (χ2v) is 5.42. The fraction of sp³-hybridized carbons (Fsp3) is 0.125. The zero-order valence-corrected chi connectivity index (χ0v) is 12.7. The molecule has 2 aromatic heterocycles. The van der Waals surface area contributed by atoms with Crippen LogP contribution in [-0.4, -0.2) is 20.4 Å². The van der Waals surface area contributed by atoms with Crippen molar-refractivity contribution < 1.29 is 4.79 Å². The van der Waals surface area contributed by atoms with Gasteiger partial charge in [0.25, 0.3) is 5.91 Å². The number of carbonyl (C=O) groups is 1. The highest BCUT2D eigenvalue weighted by Crippen LogP contribution is 2.17. The first kappa shape index (κ1) is 14.4. The van der Waals surface area contributed by atoms with Crippen LogP contribution in [0.3, 0.4) is 0 Å². The van der Waals surface area contributed by atoms with E-state index in [1.807, 2.05) is 42.0 Å². The van der Waals surface area contributed by atoms with Gasteiger partial charge in [0.15, 0.2) is 0 Å². The fourth-order valence-electron chi connectivity index (χ4n) is 2.20. The molecule has 0 saturated heterocycles.